The molecule has 5 rings (SSSR count). The minimum atomic E-state index is -4.84. The van der Waals surface area contributed by atoms with Crippen molar-refractivity contribution in [2.75, 3.05) is 13.8 Å². The van der Waals surface area contributed by atoms with Gasteiger partial charge in [0.2, 0.25) is 11.2 Å². The lowest BCUT2D eigenvalue weighted by atomic mass is 9.93. The molecule has 33 heavy (non-hydrogen) atoms. The van der Waals surface area contributed by atoms with Crippen LogP contribution >= 0.6 is 0 Å². The van der Waals surface area contributed by atoms with Gasteiger partial charge in [-0.15, -0.1) is 0 Å². The van der Waals surface area contributed by atoms with E-state index in [1.807, 2.05) is 0 Å². The molecular weight excluding hydrogens is 435 g/mol. The van der Waals surface area contributed by atoms with E-state index in [0.29, 0.717) is 36.4 Å². The van der Waals surface area contributed by atoms with E-state index in [4.69, 9.17) is 13.9 Å². The fraction of sp³-hybridized carbons (Fsp3) is 0.400. The molecule has 5 nitrogen and oxygen atoms in total. The summed E-state index contributed by atoms with van der Waals surface area (Å²) in [6, 6.07) is 9.34. The maximum absolute atomic E-state index is 14.1. The van der Waals surface area contributed by atoms with E-state index in [1.165, 1.54) is 43.9 Å². The Hall–Kier alpha value is -3.00. The Morgan fingerprint density at radius 3 is 2.42 bits per heavy atom. The number of rotatable bonds is 3. The van der Waals surface area contributed by atoms with Gasteiger partial charge in [0, 0.05) is 12.6 Å². The van der Waals surface area contributed by atoms with Gasteiger partial charge >= 0.3 is 6.18 Å². The third-order valence-electron chi connectivity index (χ3n) is 6.59. The topological polar surface area (TPSA) is 51.9 Å². The van der Waals surface area contributed by atoms with E-state index in [1.54, 1.807) is 6.07 Å². The number of nitrogens with zero attached hydrogens (tertiary/aromatic N) is 1. The number of hydrogen-bond donors (Lipinski definition) is 0. The van der Waals surface area contributed by atoms with Gasteiger partial charge in [-0.05, 0) is 42.7 Å². The van der Waals surface area contributed by atoms with Crippen LogP contribution in [0.5, 0.6) is 11.5 Å². The van der Waals surface area contributed by atoms with Crippen LogP contribution in [0.1, 0.15) is 43.4 Å². The van der Waals surface area contributed by atoms with Crippen LogP contribution in [-0.2, 0) is 12.7 Å². The minimum absolute atomic E-state index is 0.0532. The zero-order valence-electron chi connectivity index (χ0n) is 18.2. The molecule has 1 fully saturated rings. The highest BCUT2D eigenvalue weighted by atomic mass is 19.4. The molecule has 0 saturated heterocycles. The summed E-state index contributed by atoms with van der Waals surface area (Å²) in [7, 11) is 1.46. The van der Waals surface area contributed by atoms with Crippen LogP contribution in [0.2, 0.25) is 0 Å². The largest absolute Gasteiger partial charge is 0.497 e. The van der Waals surface area contributed by atoms with Crippen molar-refractivity contribution in [3.63, 3.8) is 0 Å². The fourth-order valence-corrected chi connectivity index (χ4v) is 4.88. The Morgan fingerprint density at radius 1 is 1.03 bits per heavy atom. The highest BCUT2D eigenvalue weighted by molar-refractivity contribution is 5.87. The summed E-state index contributed by atoms with van der Waals surface area (Å²) in [5, 5.41) is 0.113. The summed E-state index contributed by atoms with van der Waals surface area (Å²) in [6.45, 7) is 0.767. The third-order valence-corrected chi connectivity index (χ3v) is 6.59. The number of hydrogen-bond acceptors (Lipinski definition) is 5. The molecule has 2 aliphatic rings. The van der Waals surface area contributed by atoms with Gasteiger partial charge in [0.1, 0.15) is 23.8 Å². The predicted molar refractivity (Wildman–Crippen MR) is 117 cm³/mol. The summed E-state index contributed by atoms with van der Waals surface area (Å²) in [4.78, 5) is 15.5. The van der Waals surface area contributed by atoms with Crippen molar-refractivity contribution in [1.29, 1.82) is 0 Å². The molecule has 1 saturated carbocycles. The second-order valence-electron chi connectivity index (χ2n) is 8.59. The normalized spacial score (nSPS) is 17.6. The number of benzene rings is 2. The number of halogens is 3. The van der Waals surface area contributed by atoms with Crippen molar-refractivity contribution >= 4 is 11.0 Å². The lowest BCUT2D eigenvalue weighted by Crippen LogP contribution is -2.41. The van der Waals surface area contributed by atoms with Crippen LogP contribution in [-0.4, -0.2) is 24.8 Å². The molecule has 1 aliphatic carbocycles. The molecular formula is C25H24F3NO4. The first-order valence-electron chi connectivity index (χ1n) is 11.1. The maximum atomic E-state index is 14.1. The molecule has 8 heteroatoms. The number of ether oxygens (including phenoxy) is 2. The predicted octanol–water partition coefficient (Wildman–Crippen LogP) is 5.97. The van der Waals surface area contributed by atoms with Gasteiger partial charge in [-0.25, -0.2) is 0 Å². The highest BCUT2D eigenvalue weighted by Gasteiger charge is 2.40. The molecule has 0 unspecified atom stereocenters. The Labute approximate surface area is 188 Å². The SMILES string of the molecule is COc1ccc(-c2c(C(F)(F)F)oc3c4c(ccc3c2=O)OCN(C2CCCCC2)C4)cc1. The average molecular weight is 459 g/mol. The number of methoxy groups -OCH3 is 1. The maximum Gasteiger partial charge on any atom is 0.450 e. The zero-order valence-corrected chi connectivity index (χ0v) is 18.2. The van der Waals surface area contributed by atoms with Crippen LogP contribution < -0.4 is 14.9 Å². The molecule has 0 amide bonds. The third kappa shape index (κ3) is 3.97. The van der Waals surface area contributed by atoms with Crippen LogP contribution in [0.15, 0.2) is 45.6 Å². The molecule has 174 valence electrons. The Kier molecular flexibility index (Phi) is 5.56. The second-order valence-corrected chi connectivity index (χ2v) is 8.59. The molecule has 0 radical (unpaired) electrons. The molecule has 2 heterocycles. The lowest BCUT2D eigenvalue weighted by Gasteiger charge is -2.37. The van der Waals surface area contributed by atoms with E-state index < -0.39 is 22.9 Å². The lowest BCUT2D eigenvalue weighted by molar-refractivity contribution is -0.152. The monoisotopic (exact) mass is 459 g/mol. The molecule has 0 bridgehead atoms. The van der Waals surface area contributed by atoms with Gasteiger partial charge < -0.3 is 13.9 Å². The van der Waals surface area contributed by atoms with Crippen LogP contribution in [0.25, 0.3) is 22.1 Å². The van der Waals surface area contributed by atoms with Crippen molar-refractivity contribution in [2.24, 2.45) is 0 Å². The molecule has 3 aromatic rings. The molecule has 2 aromatic carbocycles. The van der Waals surface area contributed by atoms with Crippen LogP contribution in [0, 0.1) is 0 Å². The fourth-order valence-electron chi connectivity index (χ4n) is 4.88. The average Bonchev–Trinajstić information content (AvgIpc) is 2.83. The molecule has 0 spiro atoms. The highest BCUT2D eigenvalue weighted by Crippen LogP contribution is 2.41. The summed E-state index contributed by atoms with van der Waals surface area (Å²) in [6.07, 6.45) is 0.669. The summed E-state index contributed by atoms with van der Waals surface area (Å²) in [5.41, 5.74) is -0.655. The molecule has 0 N–H and O–H groups in total. The van der Waals surface area contributed by atoms with Crippen molar-refractivity contribution < 1.29 is 27.1 Å². The number of fused-ring (bicyclic) bond motifs is 3. The first-order chi connectivity index (χ1) is 15.9. The van der Waals surface area contributed by atoms with Crippen molar-refractivity contribution in [1.82, 2.24) is 4.90 Å². The molecule has 1 aliphatic heterocycles. The van der Waals surface area contributed by atoms with E-state index in [0.717, 1.165) is 25.7 Å². The Morgan fingerprint density at radius 2 is 1.76 bits per heavy atom. The van der Waals surface area contributed by atoms with Gasteiger partial charge in [-0.3, -0.25) is 9.69 Å². The van der Waals surface area contributed by atoms with Crippen molar-refractivity contribution in [2.45, 2.75) is 50.9 Å². The van der Waals surface area contributed by atoms with Crippen LogP contribution in [0.3, 0.4) is 0 Å². The summed E-state index contributed by atoms with van der Waals surface area (Å²) < 4.78 is 58.7. The smallest absolute Gasteiger partial charge is 0.450 e. The van der Waals surface area contributed by atoms with E-state index in [2.05, 4.69) is 4.90 Å². The van der Waals surface area contributed by atoms with E-state index in [-0.39, 0.29) is 16.5 Å². The molecule has 0 atom stereocenters. The minimum Gasteiger partial charge on any atom is -0.497 e. The standard InChI is InChI=1S/C25H24F3NO4/c1-31-17-9-7-15(8-10-17)21-22(30)18-11-12-20-19(23(18)33-24(21)25(26,27)28)13-29(14-32-20)16-5-3-2-4-6-16/h7-12,16H,2-6,13-14H2,1H3. The van der Waals surface area contributed by atoms with Gasteiger partial charge in [0.05, 0.1) is 23.6 Å². The first kappa shape index (κ1) is 21.8. The first-order valence-corrected chi connectivity index (χ1v) is 11.1. The van der Waals surface area contributed by atoms with Gasteiger partial charge in [0.25, 0.3) is 0 Å². The molecule has 1 aromatic heterocycles. The van der Waals surface area contributed by atoms with E-state index >= 15 is 0 Å². The van der Waals surface area contributed by atoms with Crippen LogP contribution in [0.4, 0.5) is 13.2 Å². The summed E-state index contributed by atoms with van der Waals surface area (Å²) >= 11 is 0. The quantitative estimate of drug-likeness (QED) is 0.483. The Balaban J connectivity index is 1.67. The van der Waals surface area contributed by atoms with Crippen molar-refractivity contribution in [3.05, 3.63) is 57.9 Å². The summed E-state index contributed by atoms with van der Waals surface area (Å²) in [5.74, 6) is -0.358. The second kappa shape index (κ2) is 8.41. The van der Waals surface area contributed by atoms with Gasteiger partial charge in [-0.2, -0.15) is 13.2 Å². The van der Waals surface area contributed by atoms with Gasteiger partial charge in [-0.1, -0.05) is 31.4 Å². The number of alkyl halides is 3. The van der Waals surface area contributed by atoms with Gasteiger partial charge in [0.15, 0.2) is 0 Å². The Bertz CT molecular complexity index is 1230. The van der Waals surface area contributed by atoms with Crippen molar-refractivity contribution in [3.8, 4) is 22.6 Å². The van der Waals surface area contributed by atoms with E-state index in [9.17, 15) is 18.0 Å². The zero-order chi connectivity index (χ0) is 23.2.